The highest BCUT2D eigenvalue weighted by Gasteiger charge is 2.29. The third kappa shape index (κ3) is 3.94. The summed E-state index contributed by atoms with van der Waals surface area (Å²) in [6.45, 7) is 7.28. The van der Waals surface area contributed by atoms with Crippen LogP contribution in [0, 0.1) is 5.92 Å². The summed E-state index contributed by atoms with van der Waals surface area (Å²) in [5, 5.41) is 0. The predicted molar refractivity (Wildman–Crippen MR) is 73.1 cm³/mol. The topological polar surface area (TPSA) is 32.5 Å². The molecule has 0 aromatic rings. The Balaban J connectivity index is 1.79. The third-order valence-corrected chi connectivity index (χ3v) is 4.47. The lowest BCUT2D eigenvalue weighted by Crippen LogP contribution is -2.42. The monoisotopic (exact) mass is 239 g/mol. The van der Waals surface area contributed by atoms with Crippen molar-refractivity contribution in [2.45, 2.75) is 51.1 Å². The molecule has 100 valence electrons. The molecule has 2 atom stereocenters. The second kappa shape index (κ2) is 6.17. The normalized spacial score (nSPS) is 30.2. The average Bonchev–Trinajstić information content (AvgIpc) is 3.13. The molecular formula is C14H29N3. The predicted octanol–water partition coefficient (Wildman–Crippen LogP) is 1.53. The van der Waals surface area contributed by atoms with E-state index in [1.54, 1.807) is 0 Å². The first-order valence-corrected chi connectivity index (χ1v) is 7.39. The van der Waals surface area contributed by atoms with Gasteiger partial charge in [-0.05, 0) is 64.7 Å². The van der Waals surface area contributed by atoms with Gasteiger partial charge in [-0.25, -0.2) is 0 Å². The number of nitrogens with zero attached hydrogens (tertiary/aromatic N) is 2. The van der Waals surface area contributed by atoms with Crippen LogP contribution in [0.25, 0.3) is 0 Å². The molecule has 2 rings (SSSR count). The maximum atomic E-state index is 6.21. The zero-order chi connectivity index (χ0) is 12.3. The quantitative estimate of drug-likeness (QED) is 0.790. The van der Waals surface area contributed by atoms with E-state index in [0.717, 1.165) is 12.0 Å². The highest BCUT2D eigenvalue weighted by Crippen LogP contribution is 2.33. The van der Waals surface area contributed by atoms with Crippen molar-refractivity contribution in [1.82, 2.24) is 9.80 Å². The number of hydrogen-bond acceptors (Lipinski definition) is 3. The van der Waals surface area contributed by atoms with Crippen molar-refractivity contribution in [2.24, 2.45) is 11.7 Å². The Labute approximate surface area is 106 Å². The van der Waals surface area contributed by atoms with Gasteiger partial charge in [0.2, 0.25) is 0 Å². The molecule has 17 heavy (non-hydrogen) atoms. The van der Waals surface area contributed by atoms with E-state index in [1.165, 1.54) is 58.3 Å². The highest BCUT2D eigenvalue weighted by atomic mass is 15.2. The fourth-order valence-corrected chi connectivity index (χ4v) is 3.05. The van der Waals surface area contributed by atoms with Gasteiger partial charge in [-0.2, -0.15) is 0 Å². The molecule has 0 bridgehead atoms. The van der Waals surface area contributed by atoms with Crippen LogP contribution in [-0.2, 0) is 0 Å². The van der Waals surface area contributed by atoms with E-state index in [4.69, 9.17) is 5.73 Å². The zero-order valence-corrected chi connectivity index (χ0v) is 11.6. The Bertz CT molecular complexity index is 228. The van der Waals surface area contributed by atoms with E-state index < -0.39 is 0 Å². The van der Waals surface area contributed by atoms with E-state index in [1.807, 2.05) is 0 Å². The minimum Gasteiger partial charge on any atom is -0.327 e. The molecule has 0 spiro atoms. The summed E-state index contributed by atoms with van der Waals surface area (Å²) in [5.74, 6) is 0.852. The van der Waals surface area contributed by atoms with Crippen LogP contribution in [0.5, 0.6) is 0 Å². The van der Waals surface area contributed by atoms with Crippen LogP contribution < -0.4 is 5.73 Å². The molecule has 0 aromatic carbocycles. The summed E-state index contributed by atoms with van der Waals surface area (Å²) < 4.78 is 0. The maximum absolute atomic E-state index is 6.21. The van der Waals surface area contributed by atoms with Gasteiger partial charge in [-0.15, -0.1) is 0 Å². The van der Waals surface area contributed by atoms with Crippen LogP contribution in [0.2, 0.25) is 0 Å². The summed E-state index contributed by atoms with van der Waals surface area (Å²) in [6, 6.07) is 1.21. The van der Waals surface area contributed by atoms with Crippen LogP contribution in [0.4, 0.5) is 0 Å². The first-order valence-electron chi connectivity index (χ1n) is 7.39. The molecular weight excluding hydrogens is 210 g/mol. The summed E-state index contributed by atoms with van der Waals surface area (Å²) in [4.78, 5) is 5.17. The van der Waals surface area contributed by atoms with Gasteiger partial charge in [0.1, 0.15) is 0 Å². The van der Waals surface area contributed by atoms with E-state index in [9.17, 15) is 0 Å². The van der Waals surface area contributed by atoms with Crippen LogP contribution in [0.1, 0.15) is 39.0 Å². The smallest absolute Gasteiger partial charge is 0.0220 e. The van der Waals surface area contributed by atoms with E-state index in [-0.39, 0.29) is 0 Å². The van der Waals surface area contributed by atoms with Crippen molar-refractivity contribution in [3.05, 3.63) is 0 Å². The van der Waals surface area contributed by atoms with Crippen LogP contribution in [-0.4, -0.2) is 55.1 Å². The fourth-order valence-electron chi connectivity index (χ4n) is 3.05. The molecule has 0 radical (unpaired) electrons. The minimum absolute atomic E-state index is 0.466. The molecule has 1 saturated carbocycles. The average molecular weight is 239 g/mol. The van der Waals surface area contributed by atoms with Gasteiger partial charge in [0.25, 0.3) is 0 Å². The van der Waals surface area contributed by atoms with Gasteiger partial charge >= 0.3 is 0 Å². The first kappa shape index (κ1) is 13.3. The summed E-state index contributed by atoms with van der Waals surface area (Å²) in [6.07, 6.45) is 6.53. The number of rotatable bonds is 5. The molecule has 2 aliphatic rings. The van der Waals surface area contributed by atoms with E-state index in [0.29, 0.717) is 6.04 Å². The number of likely N-dealkylation sites (N-methyl/N-ethyl adjacent to an activating group) is 1. The molecule has 1 aliphatic carbocycles. The lowest BCUT2D eigenvalue weighted by atomic mass is 10.1. The van der Waals surface area contributed by atoms with Crippen molar-refractivity contribution in [3.8, 4) is 0 Å². The van der Waals surface area contributed by atoms with Crippen molar-refractivity contribution in [1.29, 1.82) is 0 Å². The molecule has 2 unspecified atom stereocenters. The van der Waals surface area contributed by atoms with Gasteiger partial charge in [0, 0.05) is 18.6 Å². The van der Waals surface area contributed by atoms with Crippen molar-refractivity contribution < 1.29 is 0 Å². The first-order chi connectivity index (χ1) is 8.20. The van der Waals surface area contributed by atoms with Gasteiger partial charge in [-0.3, -0.25) is 4.90 Å². The summed E-state index contributed by atoms with van der Waals surface area (Å²) >= 11 is 0. The van der Waals surface area contributed by atoms with E-state index in [2.05, 4.69) is 23.8 Å². The largest absolute Gasteiger partial charge is 0.327 e. The van der Waals surface area contributed by atoms with Gasteiger partial charge in [-0.1, -0.05) is 6.92 Å². The molecule has 2 N–H and O–H groups in total. The lowest BCUT2D eigenvalue weighted by molar-refractivity contribution is 0.176. The van der Waals surface area contributed by atoms with Gasteiger partial charge < -0.3 is 10.6 Å². The molecule has 1 saturated heterocycles. The molecule has 2 fully saturated rings. The van der Waals surface area contributed by atoms with E-state index >= 15 is 0 Å². The Morgan fingerprint density at radius 3 is 2.71 bits per heavy atom. The Morgan fingerprint density at radius 2 is 2.06 bits per heavy atom. The summed E-state index contributed by atoms with van der Waals surface area (Å²) in [7, 11) is 2.25. The van der Waals surface area contributed by atoms with Crippen LogP contribution in [0.3, 0.4) is 0 Å². The standard InChI is InChI=1S/C14H29N3/c1-3-13-11-16(2)8-4-9-17(13)10-7-14(15)12-5-6-12/h12-14H,3-11,15H2,1-2H3. The lowest BCUT2D eigenvalue weighted by Gasteiger charge is -2.31. The van der Waals surface area contributed by atoms with Crippen molar-refractivity contribution >= 4 is 0 Å². The second-order valence-corrected chi connectivity index (χ2v) is 6.00. The Hall–Kier alpha value is -0.120. The number of hydrogen-bond donors (Lipinski definition) is 1. The second-order valence-electron chi connectivity index (χ2n) is 6.00. The maximum Gasteiger partial charge on any atom is 0.0220 e. The minimum atomic E-state index is 0.466. The fraction of sp³-hybridized carbons (Fsp3) is 1.00. The van der Waals surface area contributed by atoms with Gasteiger partial charge in [0.05, 0.1) is 0 Å². The zero-order valence-electron chi connectivity index (χ0n) is 11.6. The van der Waals surface area contributed by atoms with Crippen LogP contribution >= 0.6 is 0 Å². The summed E-state index contributed by atoms with van der Waals surface area (Å²) in [5.41, 5.74) is 6.21. The van der Waals surface area contributed by atoms with Crippen molar-refractivity contribution in [3.63, 3.8) is 0 Å². The van der Waals surface area contributed by atoms with Crippen molar-refractivity contribution in [2.75, 3.05) is 33.2 Å². The molecule has 0 aromatic heterocycles. The highest BCUT2D eigenvalue weighted by molar-refractivity contribution is 4.86. The Kier molecular flexibility index (Phi) is 4.83. The van der Waals surface area contributed by atoms with Crippen LogP contribution in [0.15, 0.2) is 0 Å². The molecule has 1 aliphatic heterocycles. The molecule has 3 heteroatoms. The SMILES string of the molecule is CCC1CN(C)CCCN1CCC(N)C1CC1. The Morgan fingerprint density at radius 1 is 1.29 bits per heavy atom. The molecule has 3 nitrogen and oxygen atoms in total. The third-order valence-electron chi connectivity index (χ3n) is 4.47. The number of nitrogens with two attached hydrogens (primary N) is 1. The molecule has 1 heterocycles. The van der Waals surface area contributed by atoms with Gasteiger partial charge in [0.15, 0.2) is 0 Å². The molecule has 0 amide bonds.